The van der Waals surface area contributed by atoms with Gasteiger partial charge in [0.25, 0.3) is 0 Å². The fourth-order valence-corrected chi connectivity index (χ4v) is 4.86. The highest BCUT2D eigenvalue weighted by Gasteiger charge is 2.39. The predicted molar refractivity (Wildman–Crippen MR) is 81.8 cm³/mol. The second kappa shape index (κ2) is 7.81. The van der Waals surface area contributed by atoms with E-state index in [1.165, 1.54) is 63.1 Å². The fraction of sp³-hybridized carbons (Fsp3) is 1.00. The lowest BCUT2D eigenvalue weighted by molar-refractivity contribution is 0.0896. The molecule has 0 saturated heterocycles. The Bertz CT molecular complexity index is 188. The molecule has 1 rings (SSSR count). The highest BCUT2D eigenvalue weighted by molar-refractivity contribution is 9.09. The first-order valence-corrected chi connectivity index (χ1v) is 8.90. The molecule has 0 spiro atoms. The van der Waals surface area contributed by atoms with Crippen molar-refractivity contribution in [2.24, 2.45) is 17.3 Å². The SMILES string of the molecule is CCCCC1CCC(CBr)(C(CC)CC)CC1. The van der Waals surface area contributed by atoms with Crippen molar-refractivity contribution in [1.82, 2.24) is 0 Å². The van der Waals surface area contributed by atoms with Crippen LogP contribution in [-0.2, 0) is 0 Å². The zero-order valence-electron chi connectivity index (χ0n) is 12.1. The van der Waals surface area contributed by atoms with Gasteiger partial charge in [0.15, 0.2) is 0 Å². The minimum atomic E-state index is 0.631. The van der Waals surface area contributed by atoms with Crippen LogP contribution in [0.25, 0.3) is 0 Å². The Morgan fingerprint density at radius 2 is 1.71 bits per heavy atom. The zero-order chi connectivity index (χ0) is 12.7. The summed E-state index contributed by atoms with van der Waals surface area (Å²) in [4.78, 5) is 0. The first-order chi connectivity index (χ1) is 8.22. The van der Waals surface area contributed by atoms with Crippen molar-refractivity contribution in [3.63, 3.8) is 0 Å². The van der Waals surface area contributed by atoms with Crippen LogP contribution in [0.1, 0.15) is 78.6 Å². The molecule has 0 aromatic rings. The molecule has 0 nitrogen and oxygen atoms in total. The van der Waals surface area contributed by atoms with E-state index in [-0.39, 0.29) is 0 Å². The number of alkyl halides is 1. The molecule has 1 aliphatic carbocycles. The fourth-order valence-electron chi connectivity index (χ4n) is 3.84. The van der Waals surface area contributed by atoms with Crippen LogP contribution in [0.2, 0.25) is 0 Å². The van der Waals surface area contributed by atoms with Gasteiger partial charge in [0.1, 0.15) is 0 Å². The monoisotopic (exact) mass is 302 g/mol. The van der Waals surface area contributed by atoms with Gasteiger partial charge in [-0.2, -0.15) is 0 Å². The highest BCUT2D eigenvalue weighted by atomic mass is 79.9. The van der Waals surface area contributed by atoms with Gasteiger partial charge in [-0.15, -0.1) is 0 Å². The standard InChI is InChI=1S/C16H31Br/c1-4-7-8-14-9-11-16(13-17,12-10-14)15(5-2)6-3/h14-15H,4-13H2,1-3H3. The van der Waals surface area contributed by atoms with E-state index >= 15 is 0 Å². The van der Waals surface area contributed by atoms with E-state index < -0.39 is 0 Å². The van der Waals surface area contributed by atoms with Crippen molar-refractivity contribution in [3.05, 3.63) is 0 Å². The molecule has 0 aliphatic heterocycles. The van der Waals surface area contributed by atoms with Crippen LogP contribution in [0.15, 0.2) is 0 Å². The molecule has 0 aromatic heterocycles. The third kappa shape index (κ3) is 3.98. The van der Waals surface area contributed by atoms with E-state index in [4.69, 9.17) is 0 Å². The second-order valence-electron chi connectivity index (χ2n) is 6.10. The van der Waals surface area contributed by atoms with Gasteiger partial charge in [-0.25, -0.2) is 0 Å². The van der Waals surface area contributed by atoms with Crippen LogP contribution in [0.3, 0.4) is 0 Å². The average Bonchev–Trinajstić information content (AvgIpc) is 2.39. The van der Waals surface area contributed by atoms with Gasteiger partial charge in [0, 0.05) is 5.33 Å². The molecule has 17 heavy (non-hydrogen) atoms. The Kier molecular flexibility index (Phi) is 7.14. The van der Waals surface area contributed by atoms with Crippen molar-refractivity contribution in [1.29, 1.82) is 0 Å². The third-order valence-electron chi connectivity index (χ3n) is 5.18. The molecule has 1 aliphatic rings. The molecular formula is C16H31Br. The minimum Gasteiger partial charge on any atom is -0.0922 e. The van der Waals surface area contributed by atoms with Gasteiger partial charge in [-0.3, -0.25) is 0 Å². The van der Waals surface area contributed by atoms with E-state index in [0.717, 1.165) is 11.8 Å². The molecule has 0 N–H and O–H groups in total. The van der Waals surface area contributed by atoms with E-state index in [1.807, 2.05) is 0 Å². The number of hydrogen-bond acceptors (Lipinski definition) is 0. The molecule has 0 radical (unpaired) electrons. The van der Waals surface area contributed by atoms with Gasteiger partial charge >= 0.3 is 0 Å². The summed E-state index contributed by atoms with van der Waals surface area (Å²) in [6.07, 6.45) is 12.9. The smallest absolute Gasteiger partial charge is 0.00906 e. The van der Waals surface area contributed by atoms with E-state index in [2.05, 4.69) is 36.7 Å². The van der Waals surface area contributed by atoms with Crippen LogP contribution in [-0.4, -0.2) is 5.33 Å². The van der Waals surface area contributed by atoms with Crippen LogP contribution in [0.5, 0.6) is 0 Å². The summed E-state index contributed by atoms with van der Waals surface area (Å²) >= 11 is 3.82. The van der Waals surface area contributed by atoms with E-state index in [0.29, 0.717) is 5.41 Å². The summed E-state index contributed by atoms with van der Waals surface area (Å²) in [6.45, 7) is 7.07. The Morgan fingerprint density at radius 1 is 1.12 bits per heavy atom. The molecule has 0 atom stereocenters. The van der Waals surface area contributed by atoms with Crippen molar-refractivity contribution >= 4 is 15.9 Å². The van der Waals surface area contributed by atoms with E-state index in [1.54, 1.807) is 0 Å². The molecule has 0 heterocycles. The van der Waals surface area contributed by atoms with Gasteiger partial charge < -0.3 is 0 Å². The van der Waals surface area contributed by atoms with Crippen molar-refractivity contribution in [2.45, 2.75) is 78.6 Å². The first kappa shape index (κ1) is 15.5. The molecular weight excluding hydrogens is 272 g/mol. The maximum Gasteiger partial charge on any atom is 0.00906 e. The van der Waals surface area contributed by atoms with Gasteiger partial charge in [0.05, 0.1) is 0 Å². The lowest BCUT2D eigenvalue weighted by Crippen LogP contribution is -2.36. The van der Waals surface area contributed by atoms with Crippen LogP contribution >= 0.6 is 15.9 Å². The summed E-state index contributed by atoms with van der Waals surface area (Å²) in [6, 6.07) is 0. The Morgan fingerprint density at radius 3 is 2.12 bits per heavy atom. The van der Waals surface area contributed by atoms with Crippen LogP contribution in [0.4, 0.5) is 0 Å². The summed E-state index contributed by atoms with van der Waals surface area (Å²) in [5.41, 5.74) is 0.631. The Labute approximate surface area is 117 Å². The van der Waals surface area contributed by atoms with Crippen molar-refractivity contribution in [3.8, 4) is 0 Å². The third-order valence-corrected chi connectivity index (χ3v) is 6.30. The lowest BCUT2D eigenvalue weighted by Gasteiger charge is -2.44. The molecule has 1 heteroatoms. The molecule has 1 fully saturated rings. The van der Waals surface area contributed by atoms with Gasteiger partial charge in [0.2, 0.25) is 0 Å². The topological polar surface area (TPSA) is 0 Å². The minimum absolute atomic E-state index is 0.631. The molecule has 1 saturated carbocycles. The summed E-state index contributed by atoms with van der Waals surface area (Å²) in [5, 5.41) is 1.23. The number of halogens is 1. The number of unbranched alkanes of at least 4 members (excludes halogenated alkanes) is 1. The second-order valence-corrected chi connectivity index (χ2v) is 6.66. The predicted octanol–water partition coefficient (Wildman–Crippen LogP) is 6.18. The van der Waals surface area contributed by atoms with Crippen LogP contribution < -0.4 is 0 Å². The number of hydrogen-bond donors (Lipinski definition) is 0. The Balaban J connectivity index is 2.50. The lowest BCUT2D eigenvalue weighted by atomic mass is 9.63. The van der Waals surface area contributed by atoms with Crippen molar-refractivity contribution in [2.75, 3.05) is 5.33 Å². The first-order valence-electron chi connectivity index (χ1n) is 7.78. The molecule has 0 bridgehead atoms. The maximum atomic E-state index is 3.82. The highest BCUT2D eigenvalue weighted by Crippen LogP contribution is 2.48. The van der Waals surface area contributed by atoms with Crippen molar-refractivity contribution < 1.29 is 0 Å². The van der Waals surface area contributed by atoms with E-state index in [9.17, 15) is 0 Å². The summed E-state index contributed by atoms with van der Waals surface area (Å²) in [7, 11) is 0. The average molecular weight is 303 g/mol. The molecule has 102 valence electrons. The zero-order valence-corrected chi connectivity index (χ0v) is 13.7. The number of rotatable bonds is 7. The Hall–Kier alpha value is 0.480. The molecule has 0 amide bonds. The van der Waals surface area contributed by atoms with Gasteiger partial charge in [-0.05, 0) is 42.9 Å². The molecule has 0 aromatic carbocycles. The van der Waals surface area contributed by atoms with Crippen LogP contribution in [0, 0.1) is 17.3 Å². The summed E-state index contributed by atoms with van der Waals surface area (Å²) < 4.78 is 0. The summed E-state index contributed by atoms with van der Waals surface area (Å²) in [5.74, 6) is 1.98. The largest absolute Gasteiger partial charge is 0.0922 e. The molecule has 0 unspecified atom stereocenters. The normalized spacial score (nSPS) is 29.8. The van der Waals surface area contributed by atoms with Gasteiger partial charge in [-0.1, -0.05) is 68.8 Å². The maximum absolute atomic E-state index is 3.82. The quantitative estimate of drug-likeness (QED) is 0.492.